The summed E-state index contributed by atoms with van der Waals surface area (Å²) in [5, 5.41) is 0.743. The Bertz CT molecular complexity index is 345. The Morgan fingerprint density at radius 2 is 1.76 bits per heavy atom. The molecule has 0 spiro atoms. The first-order valence-electron chi connectivity index (χ1n) is 4.65. The molecule has 0 N–H and O–H groups in total. The molecule has 0 aliphatic carbocycles. The van der Waals surface area contributed by atoms with Crippen LogP contribution >= 0.6 is 23.5 Å². The summed E-state index contributed by atoms with van der Waals surface area (Å²) < 4.78 is 0. The molecule has 0 amide bonds. The number of thioether (sulfide) groups is 2. The standard InChI is InChI=1S/C9H11N3O3S2/c13-4-10-2-1-9(12-6-15)3-16-8-17-7-11-5-14/h9H,1-3,7-8H2. The van der Waals surface area contributed by atoms with Crippen molar-refractivity contribution in [3.05, 3.63) is 0 Å². The van der Waals surface area contributed by atoms with Crippen molar-refractivity contribution in [2.45, 2.75) is 12.5 Å². The van der Waals surface area contributed by atoms with E-state index in [-0.39, 0.29) is 6.04 Å². The highest BCUT2D eigenvalue weighted by atomic mass is 32.2. The molecule has 0 aliphatic heterocycles. The van der Waals surface area contributed by atoms with E-state index in [2.05, 4.69) is 15.0 Å². The summed E-state index contributed by atoms with van der Waals surface area (Å²) in [5.41, 5.74) is 0. The summed E-state index contributed by atoms with van der Waals surface area (Å²) in [4.78, 5) is 40.2. The van der Waals surface area contributed by atoms with Crippen LogP contribution in [-0.2, 0) is 14.4 Å². The van der Waals surface area contributed by atoms with Crippen molar-refractivity contribution in [1.82, 2.24) is 0 Å². The number of isocyanates is 3. The normalized spacial score (nSPS) is 10.6. The van der Waals surface area contributed by atoms with Gasteiger partial charge in [0.2, 0.25) is 18.2 Å². The molecule has 0 aromatic carbocycles. The fourth-order valence-electron chi connectivity index (χ4n) is 0.871. The van der Waals surface area contributed by atoms with E-state index in [0.717, 1.165) is 5.08 Å². The van der Waals surface area contributed by atoms with Crippen molar-refractivity contribution in [3.8, 4) is 0 Å². The minimum Gasteiger partial charge on any atom is -0.211 e. The van der Waals surface area contributed by atoms with Gasteiger partial charge >= 0.3 is 0 Å². The third kappa shape index (κ3) is 11.1. The van der Waals surface area contributed by atoms with E-state index < -0.39 is 0 Å². The maximum atomic E-state index is 10.1. The molecule has 0 radical (unpaired) electrons. The summed E-state index contributed by atoms with van der Waals surface area (Å²) in [6, 6.07) is -0.190. The molecular weight excluding hydrogens is 262 g/mol. The zero-order valence-electron chi connectivity index (χ0n) is 9.00. The van der Waals surface area contributed by atoms with Crippen LogP contribution in [0, 0.1) is 0 Å². The second-order valence-corrected chi connectivity index (χ2v) is 5.06. The van der Waals surface area contributed by atoms with Crippen LogP contribution in [0.4, 0.5) is 0 Å². The van der Waals surface area contributed by atoms with Gasteiger partial charge < -0.3 is 0 Å². The maximum absolute atomic E-state index is 10.1. The minimum absolute atomic E-state index is 0.190. The molecule has 92 valence electrons. The van der Waals surface area contributed by atoms with Crippen LogP contribution < -0.4 is 0 Å². The van der Waals surface area contributed by atoms with Crippen molar-refractivity contribution in [1.29, 1.82) is 0 Å². The Hall–Kier alpha value is -1.16. The first kappa shape index (κ1) is 15.8. The molecule has 0 rings (SSSR count). The molecule has 0 aromatic rings. The fourth-order valence-corrected chi connectivity index (χ4v) is 2.68. The molecular formula is C9H11N3O3S2. The van der Waals surface area contributed by atoms with Gasteiger partial charge in [-0.1, -0.05) is 0 Å². The minimum atomic E-state index is -0.190. The third-order valence-electron chi connectivity index (χ3n) is 1.57. The number of hydrogen-bond acceptors (Lipinski definition) is 8. The van der Waals surface area contributed by atoms with Gasteiger partial charge in [-0.05, 0) is 6.42 Å². The van der Waals surface area contributed by atoms with E-state index in [0.29, 0.717) is 24.6 Å². The van der Waals surface area contributed by atoms with Crippen LogP contribution in [0.3, 0.4) is 0 Å². The van der Waals surface area contributed by atoms with Gasteiger partial charge in [0.25, 0.3) is 0 Å². The number of nitrogens with zero attached hydrogens (tertiary/aromatic N) is 3. The van der Waals surface area contributed by atoms with Crippen LogP contribution in [0.1, 0.15) is 6.42 Å². The monoisotopic (exact) mass is 273 g/mol. The SMILES string of the molecule is O=C=NCCC(CSCSCN=C=O)N=C=O. The molecule has 0 fully saturated rings. The highest BCUT2D eigenvalue weighted by Gasteiger charge is 2.06. The van der Waals surface area contributed by atoms with Gasteiger partial charge in [-0.3, -0.25) is 0 Å². The van der Waals surface area contributed by atoms with Crippen LogP contribution in [-0.4, -0.2) is 47.5 Å². The van der Waals surface area contributed by atoms with Crippen molar-refractivity contribution in [3.63, 3.8) is 0 Å². The quantitative estimate of drug-likeness (QED) is 0.258. The second kappa shape index (κ2) is 12.9. The lowest BCUT2D eigenvalue weighted by atomic mass is 10.2. The lowest BCUT2D eigenvalue weighted by Gasteiger charge is -2.07. The van der Waals surface area contributed by atoms with E-state index in [1.165, 1.54) is 30.0 Å². The van der Waals surface area contributed by atoms with Gasteiger partial charge in [-0.2, -0.15) is 4.99 Å². The van der Waals surface area contributed by atoms with Crippen LogP contribution in [0.5, 0.6) is 0 Å². The first-order chi connectivity index (χ1) is 8.35. The molecule has 6 nitrogen and oxygen atoms in total. The number of carbonyl (C=O) groups excluding carboxylic acids is 3. The van der Waals surface area contributed by atoms with Crippen LogP contribution in [0.15, 0.2) is 15.0 Å². The summed E-state index contributed by atoms with van der Waals surface area (Å²) in [7, 11) is 0. The van der Waals surface area contributed by atoms with E-state index in [1.807, 2.05) is 0 Å². The summed E-state index contributed by atoms with van der Waals surface area (Å²) in [6.45, 7) is 0.308. The molecule has 8 heteroatoms. The highest BCUT2D eigenvalue weighted by molar-refractivity contribution is 8.15. The van der Waals surface area contributed by atoms with Gasteiger partial charge in [-0.25, -0.2) is 24.4 Å². The topological polar surface area (TPSA) is 88.3 Å². The summed E-state index contributed by atoms with van der Waals surface area (Å²) >= 11 is 3.04. The molecule has 1 atom stereocenters. The Morgan fingerprint density at radius 1 is 1.00 bits per heavy atom. The predicted octanol–water partition coefficient (Wildman–Crippen LogP) is 1.13. The third-order valence-corrected chi connectivity index (χ3v) is 3.84. The lowest BCUT2D eigenvalue weighted by molar-refractivity contribution is 0.554. The average Bonchev–Trinajstić information content (AvgIpc) is 2.34. The number of aliphatic imine (C=N–C) groups is 3. The van der Waals surface area contributed by atoms with Crippen LogP contribution in [0.2, 0.25) is 0 Å². The Balaban J connectivity index is 3.72. The van der Waals surface area contributed by atoms with E-state index >= 15 is 0 Å². The Morgan fingerprint density at radius 3 is 2.41 bits per heavy atom. The van der Waals surface area contributed by atoms with Gasteiger partial charge in [0.1, 0.15) is 0 Å². The molecule has 0 aromatic heterocycles. The van der Waals surface area contributed by atoms with E-state index in [9.17, 15) is 14.4 Å². The molecule has 0 heterocycles. The zero-order chi connectivity index (χ0) is 12.8. The lowest BCUT2D eigenvalue weighted by Crippen LogP contribution is -2.09. The van der Waals surface area contributed by atoms with Gasteiger partial charge in [0.05, 0.1) is 18.5 Å². The number of rotatable bonds is 10. The Kier molecular flexibility index (Phi) is 12.0. The van der Waals surface area contributed by atoms with Gasteiger partial charge in [0, 0.05) is 10.8 Å². The number of hydrogen-bond donors (Lipinski definition) is 0. The molecule has 0 saturated carbocycles. The molecule has 0 saturated heterocycles. The Labute approximate surface area is 107 Å². The fraction of sp³-hybridized carbons (Fsp3) is 0.667. The second-order valence-electron chi connectivity index (χ2n) is 2.71. The summed E-state index contributed by atoms with van der Waals surface area (Å²) in [6.07, 6.45) is 4.90. The van der Waals surface area contributed by atoms with Crippen LogP contribution in [0.25, 0.3) is 0 Å². The molecule has 0 aliphatic rings. The van der Waals surface area contributed by atoms with Gasteiger partial charge in [0.15, 0.2) is 0 Å². The van der Waals surface area contributed by atoms with Crippen molar-refractivity contribution >= 4 is 41.8 Å². The summed E-state index contributed by atoms with van der Waals surface area (Å²) in [5.74, 6) is 1.02. The van der Waals surface area contributed by atoms with E-state index in [4.69, 9.17) is 0 Å². The van der Waals surface area contributed by atoms with E-state index in [1.54, 1.807) is 11.8 Å². The largest absolute Gasteiger partial charge is 0.235 e. The smallest absolute Gasteiger partial charge is 0.211 e. The molecule has 1 unspecified atom stereocenters. The average molecular weight is 273 g/mol. The van der Waals surface area contributed by atoms with Gasteiger partial charge in [-0.15, -0.1) is 23.5 Å². The van der Waals surface area contributed by atoms with Crippen molar-refractivity contribution in [2.24, 2.45) is 15.0 Å². The van der Waals surface area contributed by atoms with Crippen molar-refractivity contribution < 1.29 is 14.4 Å². The predicted molar refractivity (Wildman–Crippen MR) is 67.4 cm³/mol. The first-order valence-corrected chi connectivity index (χ1v) is 6.95. The molecule has 0 bridgehead atoms. The zero-order valence-corrected chi connectivity index (χ0v) is 10.6. The van der Waals surface area contributed by atoms with Crippen molar-refractivity contribution in [2.75, 3.05) is 23.3 Å². The maximum Gasteiger partial charge on any atom is 0.235 e. The highest BCUT2D eigenvalue weighted by Crippen LogP contribution is 2.15. The molecule has 17 heavy (non-hydrogen) atoms.